The van der Waals surface area contributed by atoms with Crippen LogP contribution in [0, 0.1) is 0 Å². The number of anilines is 1. The molecule has 20 heavy (non-hydrogen) atoms. The molecule has 0 aliphatic heterocycles. The fourth-order valence-electron chi connectivity index (χ4n) is 2.40. The van der Waals surface area contributed by atoms with Crippen molar-refractivity contribution in [2.45, 2.75) is 52.4 Å². The average Bonchev–Trinajstić information content (AvgIpc) is 2.42. The van der Waals surface area contributed by atoms with Gasteiger partial charge in [-0.25, -0.2) is 0 Å². The molecule has 0 saturated heterocycles. The lowest BCUT2D eigenvalue weighted by Crippen LogP contribution is -2.14. The molecule has 2 aromatic rings. The van der Waals surface area contributed by atoms with Crippen molar-refractivity contribution >= 4 is 16.6 Å². The van der Waals surface area contributed by atoms with Gasteiger partial charge in [0.05, 0.1) is 5.52 Å². The van der Waals surface area contributed by atoms with E-state index >= 15 is 0 Å². The number of nitrogens with one attached hydrogen (secondary N) is 1. The lowest BCUT2D eigenvalue weighted by Gasteiger charge is -2.20. The van der Waals surface area contributed by atoms with Crippen LogP contribution in [0.25, 0.3) is 10.9 Å². The molecule has 0 atom stereocenters. The zero-order chi connectivity index (χ0) is 14.8. The molecule has 0 aliphatic rings. The SMILES string of the molecule is CCCCc1ccc2nc(C(C)(C)C)cc(NC)c2c1. The smallest absolute Gasteiger partial charge is 0.0726 e. The maximum Gasteiger partial charge on any atom is 0.0726 e. The van der Waals surface area contributed by atoms with Gasteiger partial charge in [0.1, 0.15) is 0 Å². The molecule has 2 heteroatoms. The molecule has 1 aromatic heterocycles. The number of benzene rings is 1. The van der Waals surface area contributed by atoms with Gasteiger partial charge in [0.2, 0.25) is 0 Å². The first-order valence-corrected chi connectivity index (χ1v) is 7.57. The summed E-state index contributed by atoms with van der Waals surface area (Å²) in [5.41, 5.74) is 4.87. The van der Waals surface area contributed by atoms with Gasteiger partial charge in [0, 0.05) is 29.2 Å². The Balaban J connectivity index is 2.53. The summed E-state index contributed by atoms with van der Waals surface area (Å²) >= 11 is 0. The van der Waals surface area contributed by atoms with Gasteiger partial charge in [-0.3, -0.25) is 4.98 Å². The van der Waals surface area contributed by atoms with Crippen LogP contribution in [0.2, 0.25) is 0 Å². The lowest BCUT2D eigenvalue weighted by molar-refractivity contribution is 0.572. The molecule has 0 spiro atoms. The van der Waals surface area contributed by atoms with Crippen LogP contribution in [0.1, 0.15) is 51.8 Å². The summed E-state index contributed by atoms with van der Waals surface area (Å²) < 4.78 is 0. The molecule has 0 saturated carbocycles. The topological polar surface area (TPSA) is 24.9 Å². The second kappa shape index (κ2) is 5.82. The third-order valence-corrected chi connectivity index (χ3v) is 3.73. The van der Waals surface area contributed by atoms with Crippen molar-refractivity contribution in [3.05, 3.63) is 35.5 Å². The first-order valence-electron chi connectivity index (χ1n) is 7.57. The molecule has 0 unspecified atom stereocenters. The summed E-state index contributed by atoms with van der Waals surface area (Å²) in [6.45, 7) is 8.85. The van der Waals surface area contributed by atoms with E-state index in [9.17, 15) is 0 Å². The molecule has 0 bridgehead atoms. The van der Waals surface area contributed by atoms with E-state index in [4.69, 9.17) is 4.98 Å². The molecular formula is C18H26N2. The van der Waals surface area contributed by atoms with E-state index in [0.717, 1.165) is 17.6 Å². The first-order chi connectivity index (χ1) is 9.45. The highest BCUT2D eigenvalue weighted by Gasteiger charge is 2.17. The quantitative estimate of drug-likeness (QED) is 0.853. The van der Waals surface area contributed by atoms with E-state index in [2.05, 4.69) is 57.3 Å². The summed E-state index contributed by atoms with van der Waals surface area (Å²) in [5, 5.41) is 4.56. The second-order valence-electron chi connectivity index (χ2n) is 6.51. The minimum Gasteiger partial charge on any atom is -0.388 e. The molecule has 2 nitrogen and oxygen atoms in total. The zero-order valence-electron chi connectivity index (χ0n) is 13.4. The number of hydrogen-bond acceptors (Lipinski definition) is 2. The molecule has 0 radical (unpaired) electrons. The van der Waals surface area contributed by atoms with Gasteiger partial charge < -0.3 is 5.32 Å². The Bertz CT molecular complexity index is 594. The van der Waals surface area contributed by atoms with Crippen molar-refractivity contribution in [1.29, 1.82) is 0 Å². The Morgan fingerprint density at radius 2 is 1.90 bits per heavy atom. The Hall–Kier alpha value is -1.57. The summed E-state index contributed by atoms with van der Waals surface area (Å²) in [6.07, 6.45) is 3.63. The third kappa shape index (κ3) is 3.12. The van der Waals surface area contributed by atoms with Crippen LogP contribution in [-0.4, -0.2) is 12.0 Å². The van der Waals surface area contributed by atoms with Crippen molar-refractivity contribution in [2.75, 3.05) is 12.4 Å². The van der Waals surface area contributed by atoms with Crippen LogP contribution >= 0.6 is 0 Å². The molecule has 108 valence electrons. The number of pyridine rings is 1. The first kappa shape index (κ1) is 14.8. The van der Waals surface area contributed by atoms with Gasteiger partial charge >= 0.3 is 0 Å². The largest absolute Gasteiger partial charge is 0.388 e. The van der Waals surface area contributed by atoms with E-state index in [1.807, 2.05) is 7.05 Å². The molecule has 1 aromatic carbocycles. The number of hydrogen-bond donors (Lipinski definition) is 1. The minimum absolute atomic E-state index is 0.0701. The Kier molecular flexibility index (Phi) is 4.32. The molecular weight excluding hydrogens is 244 g/mol. The predicted molar refractivity (Wildman–Crippen MR) is 88.6 cm³/mol. The van der Waals surface area contributed by atoms with E-state index < -0.39 is 0 Å². The number of aryl methyl sites for hydroxylation is 1. The Morgan fingerprint density at radius 1 is 1.15 bits per heavy atom. The number of aromatic nitrogens is 1. The van der Waals surface area contributed by atoms with E-state index in [0.29, 0.717) is 0 Å². The van der Waals surface area contributed by atoms with Crippen LogP contribution in [0.15, 0.2) is 24.3 Å². The highest BCUT2D eigenvalue weighted by Crippen LogP contribution is 2.29. The maximum atomic E-state index is 4.84. The van der Waals surface area contributed by atoms with Crippen LogP contribution in [0.4, 0.5) is 5.69 Å². The molecule has 1 heterocycles. The minimum atomic E-state index is 0.0701. The van der Waals surface area contributed by atoms with Crippen LogP contribution in [0.3, 0.4) is 0 Å². The van der Waals surface area contributed by atoms with Crippen LogP contribution in [0.5, 0.6) is 0 Å². The number of rotatable bonds is 4. The van der Waals surface area contributed by atoms with Gasteiger partial charge in [0.25, 0.3) is 0 Å². The van der Waals surface area contributed by atoms with Crippen LogP contribution < -0.4 is 5.32 Å². The van der Waals surface area contributed by atoms with Gasteiger partial charge in [-0.05, 0) is 36.6 Å². The summed E-state index contributed by atoms with van der Waals surface area (Å²) in [4.78, 5) is 4.84. The Labute approximate surface area is 122 Å². The van der Waals surface area contributed by atoms with E-state index in [1.165, 1.54) is 29.5 Å². The molecule has 0 amide bonds. The number of nitrogens with zero attached hydrogens (tertiary/aromatic N) is 1. The van der Waals surface area contributed by atoms with E-state index in [-0.39, 0.29) is 5.41 Å². The summed E-state index contributed by atoms with van der Waals surface area (Å²) in [7, 11) is 1.99. The average molecular weight is 270 g/mol. The van der Waals surface area contributed by atoms with Gasteiger partial charge in [-0.15, -0.1) is 0 Å². The van der Waals surface area contributed by atoms with E-state index in [1.54, 1.807) is 0 Å². The normalized spacial score (nSPS) is 11.8. The molecule has 0 fully saturated rings. The molecule has 1 N–H and O–H groups in total. The zero-order valence-corrected chi connectivity index (χ0v) is 13.4. The van der Waals surface area contributed by atoms with Crippen molar-refractivity contribution in [2.24, 2.45) is 0 Å². The monoisotopic (exact) mass is 270 g/mol. The Morgan fingerprint density at radius 3 is 2.50 bits per heavy atom. The number of unbranched alkanes of at least 4 members (excludes halogenated alkanes) is 1. The highest BCUT2D eigenvalue weighted by molar-refractivity contribution is 5.92. The second-order valence-corrected chi connectivity index (χ2v) is 6.51. The number of fused-ring (bicyclic) bond motifs is 1. The maximum absolute atomic E-state index is 4.84. The highest BCUT2D eigenvalue weighted by atomic mass is 14.8. The van der Waals surface area contributed by atoms with Crippen molar-refractivity contribution in [1.82, 2.24) is 4.98 Å². The summed E-state index contributed by atoms with van der Waals surface area (Å²) in [6, 6.07) is 8.86. The fraction of sp³-hybridized carbons (Fsp3) is 0.500. The predicted octanol–water partition coefficient (Wildman–Crippen LogP) is 4.92. The third-order valence-electron chi connectivity index (χ3n) is 3.73. The fourth-order valence-corrected chi connectivity index (χ4v) is 2.40. The van der Waals surface area contributed by atoms with Crippen molar-refractivity contribution in [3.8, 4) is 0 Å². The van der Waals surface area contributed by atoms with Gasteiger partial charge in [0.15, 0.2) is 0 Å². The van der Waals surface area contributed by atoms with Crippen molar-refractivity contribution < 1.29 is 0 Å². The summed E-state index contributed by atoms with van der Waals surface area (Å²) in [5.74, 6) is 0. The molecule has 2 rings (SSSR count). The van der Waals surface area contributed by atoms with Gasteiger partial charge in [-0.1, -0.05) is 40.2 Å². The standard InChI is InChI=1S/C18H26N2/c1-6-7-8-13-9-10-15-14(11-13)16(19-5)12-17(20-15)18(2,3)4/h9-12H,6-8H2,1-5H3,(H,19,20). The van der Waals surface area contributed by atoms with Crippen LogP contribution in [-0.2, 0) is 11.8 Å². The lowest BCUT2D eigenvalue weighted by atomic mass is 9.90. The van der Waals surface area contributed by atoms with Crippen molar-refractivity contribution in [3.63, 3.8) is 0 Å². The van der Waals surface area contributed by atoms with Gasteiger partial charge in [-0.2, -0.15) is 0 Å². The molecule has 0 aliphatic carbocycles.